The summed E-state index contributed by atoms with van der Waals surface area (Å²) in [6.45, 7) is 0.335. The van der Waals surface area contributed by atoms with Crippen LogP contribution < -0.4 is 4.74 Å². The van der Waals surface area contributed by atoms with Gasteiger partial charge in [0.1, 0.15) is 18.2 Å². The van der Waals surface area contributed by atoms with Gasteiger partial charge in [0.15, 0.2) is 0 Å². The molecule has 0 heterocycles. The fourth-order valence-corrected chi connectivity index (χ4v) is 4.85. The predicted molar refractivity (Wildman–Crippen MR) is 146 cm³/mol. The molecule has 1 aliphatic carbocycles. The van der Waals surface area contributed by atoms with E-state index in [1.165, 1.54) is 24.3 Å². The fourth-order valence-electron chi connectivity index (χ4n) is 4.85. The van der Waals surface area contributed by atoms with Crippen LogP contribution in [-0.4, -0.2) is 11.1 Å². The van der Waals surface area contributed by atoms with Gasteiger partial charge in [-0.3, -0.25) is 4.79 Å². The molecule has 0 saturated carbocycles. The summed E-state index contributed by atoms with van der Waals surface area (Å²) < 4.78 is 59.5. The molecule has 7 heteroatoms. The van der Waals surface area contributed by atoms with Crippen LogP contribution in [0.4, 0.5) is 17.6 Å². The Bertz CT molecular complexity index is 1600. The standard InChI is InChI=1S/C33H24F4O3/c34-25-13-14-27-28(17-22-5-4-6-23(15-22)20-40-26-7-2-1-3-8-26)29(31(19-32(38)39)30(27)18-25)16-21-9-11-24(12-10-21)33(35,36)37/h1-15,17-18H,16,19-20H2,(H,38,39)/b28-17+. The second-order valence-electron chi connectivity index (χ2n) is 9.49. The average molecular weight is 545 g/mol. The van der Waals surface area contributed by atoms with Crippen molar-refractivity contribution in [1.29, 1.82) is 0 Å². The van der Waals surface area contributed by atoms with E-state index in [0.717, 1.165) is 29.0 Å². The van der Waals surface area contributed by atoms with Crippen LogP contribution in [0, 0.1) is 5.82 Å². The Labute approximate surface area is 228 Å². The van der Waals surface area contributed by atoms with Gasteiger partial charge in [-0.25, -0.2) is 4.39 Å². The molecule has 0 saturated heterocycles. The Morgan fingerprint density at radius 3 is 2.25 bits per heavy atom. The maximum atomic E-state index is 14.3. The molecule has 4 aromatic rings. The van der Waals surface area contributed by atoms with Crippen molar-refractivity contribution in [3.8, 4) is 5.75 Å². The van der Waals surface area contributed by atoms with Gasteiger partial charge in [0.2, 0.25) is 0 Å². The Balaban J connectivity index is 1.54. The van der Waals surface area contributed by atoms with E-state index in [-0.39, 0.29) is 12.8 Å². The first-order valence-electron chi connectivity index (χ1n) is 12.6. The minimum absolute atomic E-state index is 0.180. The van der Waals surface area contributed by atoms with Crippen molar-refractivity contribution < 1.29 is 32.2 Å². The van der Waals surface area contributed by atoms with Crippen LogP contribution in [0.2, 0.25) is 0 Å². The molecule has 0 fully saturated rings. The van der Waals surface area contributed by atoms with Gasteiger partial charge in [0.05, 0.1) is 12.0 Å². The molecule has 0 atom stereocenters. The highest BCUT2D eigenvalue weighted by atomic mass is 19.4. The molecule has 0 unspecified atom stereocenters. The van der Waals surface area contributed by atoms with E-state index < -0.39 is 23.5 Å². The molecule has 202 valence electrons. The topological polar surface area (TPSA) is 46.5 Å². The highest BCUT2D eigenvalue weighted by Crippen LogP contribution is 2.45. The number of carbonyl (C=O) groups is 1. The summed E-state index contributed by atoms with van der Waals surface area (Å²) in [5.41, 5.74) is 4.46. The van der Waals surface area contributed by atoms with Crippen molar-refractivity contribution in [1.82, 2.24) is 0 Å². The van der Waals surface area contributed by atoms with Gasteiger partial charge < -0.3 is 9.84 Å². The van der Waals surface area contributed by atoms with Crippen LogP contribution >= 0.6 is 0 Å². The first-order chi connectivity index (χ1) is 19.2. The Morgan fingerprint density at radius 2 is 1.55 bits per heavy atom. The van der Waals surface area contributed by atoms with Gasteiger partial charge in [-0.2, -0.15) is 13.2 Å². The molecule has 0 radical (unpaired) electrons. The highest BCUT2D eigenvalue weighted by Gasteiger charge is 2.31. The van der Waals surface area contributed by atoms with Gasteiger partial charge in [0.25, 0.3) is 0 Å². The lowest BCUT2D eigenvalue weighted by molar-refractivity contribution is -0.138. The zero-order chi connectivity index (χ0) is 28.3. The quantitative estimate of drug-likeness (QED) is 0.227. The average Bonchev–Trinajstić information content (AvgIpc) is 3.18. The van der Waals surface area contributed by atoms with E-state index >= 15 is 0 Å². The van der Waals surface area contributed by atoms with E-state index in [1.807, 2.05) is 60.7 Å². The smallest absolute Gasteiger partial charge is 0.416 e. The lowest BCUT2D eigenvalue weighted by Gasteiger charge is -2.12. The molecule has 0 bridgehead atoms. The van der Waals surface area contributed by atoms with Crippen molar-refractivity contribution in [2.24, 2.45) is 0 Å². The lowest BCUT2D eigenvalue weighted by Crippen LogP contribution is -2.05. The number of carboxylic acid groups (broad SMARTS) is 1. The number of aliphatic carboxylic acids is 1. The van der Waals surface area contributed by atoms with Crippen molar-refractivity contribution in [3.63, 3.8) is 0 Å². The van der Waals surface area contributed by atoms with E-state index in [0.29, 0.717) is 40.0 Å². The number of rotatable bonds is 8. The Kier molecular flexibility index (Phi) is 7.56. The first kappa shape index (κ1) is 26.9. The second-order valence-corrected chi connectivity index (χ2v) is 9.49. The van der Waals surface area contributed by atoms with Gasteiger partial charge in [-0.1, -0.05) is 54.6 Å². The van der Waals surface area contributed by atoms with Gasteiger partial charge in [0, 0.05) is 0 Å². The molecule has 1 aliphatic rings. The summed E-state index contributed by atoms with van der Waals surface area (Å²) in [6, 6.07) is 26.1. The largest absolute Gasteiger partial charge is 0.489 e. The number of hydrogen-bond donors (Lipinski definition) is 1. The van der Waals surface area contributed by atoms with Crippen molar-refractivity contribution in [3.05, 3.63) is 142 Å². The SMILES string of the molecule is O=C(O)CC1=C(Cc2ccc(C(F)(F)F)cc2)/C(=C/c2cccc(COc3ccccc3)c2)c2ccc(F)cc21. The molecule has 0 spiro atoms. The summed E-state index contributed by atoms with van der Waals surface area (Å²) in [7, 11) is 0. The van der Waals surface area contributed by atoms with E-state index in [9.17, 15) is 27.5 Å². The minimum atomic E-state index is -4.46. The molecule has 40 heavy (non-hydrogen) atoms. The molecular formula is C33H24F4O3. The molecule has 1 N–H and O–H groups in total. The van der Waals surface area contributed by atoms with Crippen LogP contribution in [-0.2, 0) is 24.0 Å². The van der Waals surface area contributed by atoms with Crippen LogP contribution in [0.5, 0.6) is 5.75 Å². The lowest BCUT2D eigenvalue weighted by atomic mass is 9.93. The van der Waals surface area contributed by atoms with Crippen molar-refractivity contribution in [2.45, 2.75) is 25.6 Å². The normalized spacial score (nSPS) is 13.9. The number of halogens is 4. The van der Waals surface area contributed by atoms with Crippen molar-refractivity contribution in [2.75, 3.05) is 0 Å². The van der Waals surface area contributed by atoms with Gasteiger partial charge in [-0.15, -0.1) is 0 Å². The van der Waals surface area contributed by atoms with Crippen molar-refractivity contribution >= 4 is 23.2 Å². The van der Waals surface area contributed by atoms with Crippen LogP contribution in [0.15, 0.2) is 103 Å². The van der Waals surface area contributed by atoms with E-state index in [4.69, 9.17) is 4.74 Å². The predicted octanol–water partition coefficient (Wildman–Crippen LogP) is 8.45. The molecule has 3 nitrogen and oxygen atoms in total. The fraction of sp³-hybridized carbons (Fsp3) is 0.121. The van der Waals surface area contributed by atoms with E-state index in [1.54, 1.807) is 6.07 Å². The summed E-state index contributed by atoms with van der Waals surface area (Å²) in [5, 5.41) is 9.66. The number of alkyl halides is 3. The zero-order valence-electron chi connectivity index (χ0n) is 21.2. The summed E-state index contributed by atoms with van der Waals surface area (Å²) in [6.07, 6.45) is -2.74. The first-order valence-corrected chi connectivity index (χ1v) is 12.6. The molecular weight excluding hydrogens is 520 g/mol. The highest BCUT2D eigenvalue weighted by molar-refractivity contribution is 6.08. The number of carboxylic acids is 1. The third-order valence-corrected chi connectivity index (χ3v) is 6.69. The summed E-state index contributed by atoms with van der Waals surface area (Å²) in [4.78, 5) is 11.8. The second kappa shape index (κ2) is 11.2. The van der Waals surface area contributed by atoms with Crippen LogP contribution in [0.25, 0.3) is 17.2 Å². The number of ether oxygens (including phenoxy) is 1. The number of allylic oxidation sites excluding steroid dienone is 2. The number of benzene rings is 4. The molecule has 0 aliphatic heterocycles. The third-order valence-electron chi connectivity index (χ3n) is 6.69. The number of para-hydroxylation sites is 1. The summed E-state index contributed by atoms with van der Waals surface area (Å²) in [5.74, 6) is -0.855. The maximum absolute atomic E-state index is 14.3. The Morgan fingerprint density at radius 1 is 0.800 bits per heavy atom. The number of hydrogen-bond acceptors (Lipinski definition) is 2. The minimum Gasteiger partial charge on any atom is -0.489 e. The molecule has 0 amide bonds. The number of fused-ring (bicyclic) bond motifs is 1. The third kappa shape index (κ3) is 6.15. The monoisotopic (exact) mass is 544 g/mol. The zero-order valence-corrected chi connectivity index (χ0v) is 21.2. The van der Waals surface area contributed by atoms with Gasteiger partial charge in [-0.05, 0) is 99.5 Å². The van der Waals surface area contributed by atoms with Crippen LogP contribution in [0.1, 0.15) is 39.8 Å². The molecule has 0 aromatic heterocycles. The molecule has 5 rings (SSSR count). The van der Waals surface area contributed by atoms with Gasteiger partial charge >= 0.3 is 12.1 Å². The van der Waals surface area contributed by atoms with E-state index in [2.05, 4.69) is 0 Å². The molecule has 4 aromatic carbocycles. The summed E-state index contributed by atoms with van der Waals surface area (Å²) >= 11 is 0. The maximum Gasteiger partial charge on any atom is 0.416 e. The Hall–Kier alpha value is -4.65. The van der Waals surface area contributed by atoms with Crippen LogP contribution in [0.3, 0.4) is 0 Å².